The molecule has 2 unspecified atom stereocenters. The second-order valence-electron chi connectivity index (χ2n) is 6.14. The van der Waals surface area contributed by atoms with Gasteiger partial charge in [-0.3, -0.25) is 0 Å². The van der Waals surface area contributed by atoms with Gasteiger partial charge in [0.25, 0.3) is 0 Å². The van der Waals surface area contributed by atoms with Gasteiger partial charge in [-0.15, -0.1) is 0 Å². The number of ether oxygens (including phenoxy) is 2. The zero-order chi connectivity index (χ0) is 15.4. The third-order valence-corrected chi connectivity index (χ3v) is 4.33. The molecule has 0 aliphatic carbocycles. The average molecular weight is 296 g/mol. The summed E-state index contributed by atoms with van der Waals surface area (Å²) < 4.78 is 10.8. The maximum atomic E-state index is 5.66. The van der Waals surface area contributed by atoms with E-state index < -0.39 is 0 Å². The summed E-state index contributed by atoms with van der Waals surface area (Å²) in [6.07, 6.45) is 2.46. The fraction of sp³-hybridized carbons (Fsp3) is 0.400. The van der Waals surface area contributed by atoms with Gasteiger partial charge >= 0.3 is 0 Å². The van der Waals surface area contributed by atoms with Crippen molar-refractivity contribution in [3.8, 4) is 5.75 Å². The minimum Gasteiger partial charge on any atom is -0.491 e. The Bertz CT molecular complexity index is 582. The largest absolute Gasteiger partial charge is 0.491 e. The molecule has 1 fully saturated rings. The van der Waals surface area contributed by atoms with E-state index in [0.717, 1.165) is 18.8 Å². The van der Waals surface area contributed by atoms with Gasteiger partial charge in [-0.1, -0.05) is 50.2 Å². The first-order chi connectivity index (χ1) is 10.7. The lowest BCUT2D eigenvalue weighted by atomic mass is 9.96. The second kappa shape index (κ2) is 6.97. The van der Waals surface area contributed by atoms with Crippen LogP contribution in [0.15, 0.2) is 48.5 Å². The molecule has 1 heterocycles. The second-order valence-corrected chi connectivity index (χ2v) is 6.14. The summed E-state index contributed by atoms with van der Waals surface area (Å²) in [6, 6.07) is 17.4. The molecule has 0 radical (unpaired) electrons. The summed E-state index contributed by atoms with van der Waals surface area (Å²) in [5.74, 6) is 1.56. The highest BCUT2D eigenvalue weighted by molar-refractivity contribution is 5.33. The molecule has 1 saturated heterocycles. The van der Waals surface area contributed by atoms with Crippen LogP contribution in [0.4, 0.5) is 0 Å². The molecule has 2 atom stereocenters. The van der Waals surface area contributed by atoms with Crippen molar-refractivity contribution >= 4 is 0 Å². The topological polar surface area (TPSA) is 21.8 Å². The number of epoxide rings is 1. The van der Waals surface area contributed by atoms with Crippen LogP contribution < -0.4 is 4.74 Å². The highest BCUT2D eigenvalue weighted by Crippen LogP contribution is 2.21. The normalized spacial score (nSPS) is 18.0. The fourth-order valence-electron chi connectivity index (χ4n) is 2.49. The summed E-state index contributed by atoms with van der Waals surface area (Å²) >= 11 is 0. The lowest BCUT2D eigenvalue weighted by Crippen LogP contribution is -2.03. The van der Waals surface area contributed by atoms with Crippen LogP contribution in [0, 0.1) is 0 Å². The van der Waals surface area contributed by atoms with Crippen molar-refractivity contribution in [3.05, 3.63) is 65.2 Å². The highest BCUT2D eigenvalue weighted by atomic mass is 16.6. The Balaban J connectivity index is 1.57. The Morgan fingerprint density at radius 2 is 1.64 bits per heavy atom. The lowest BCUT2D eigenvalue weighted by Gasteiger charge is -2.10. The molecular weight excluding hydrogens is 272 g/mol. The van der Waals surface area contributed by atoms with E-state index in [1.807, 2.05) is 12.1 Å². The molecule has 2 aromatic carbocycles. The molecule has 0 aromatic heterocycles. The average Bonchev–Trinajstić information content (AvgIpc) is 3.38. The van der Waals surface area contributed by atoms with Crippen molar-refractivity contribution in [1.29, 1.82) is 0 Å². The Hall–Kier alpha value is -1.80. The third-order valence-electron chi connectivity index (χ3n) is 4.33. The van der Waals surface area contributed by atoms with Gasteiger partial charge in [0.05, 0.1) is 6.61 Å². The van der Waals surface area contributed by atoms with Crippen LogP contribution in [0.5, 0.6) is 5.75 Å². The fourth-order valence-corrected chi connectivity index (χ4v) is 2.49. The van der Waals surface area contributed by atoms with E-state index in [4.69, 9.17) is 9.47 Å². The number of benzene rings is 2. The Kier molecular flexibility index (Phi) is 4.79. The van der Waals surface area contributed by atoms with Crippen LogP contribution in [0.3, 0.4) is 0 Å². The Morgan fingerprint density at radius 3 is 2.18 bits per heavy atom. The number of hydrogen-bond donors (Lipinski definition) is 0. The van der Waals surface area contributed by atoms with Crippen molar-refractivity contribution in [2.75, 3.05) is 13.2 Å². The molecule has 3 rings (SSSR count). The van der Waals surface area contributed by atoms with Gasteiger partial charge in [0.15, 0.2) is 0 Å². The van der Waals surface area contributed by atoms with Crippen molar-refractivity contribution < 1.29 is 9.47 Å². The van der Waals surface area contributed by atoms with Gasteiger partial charge in [-0.25, -0.2) is 0 Å². The van der Waals surface area contributed by atoms with Crippen molar-refractivity contribution in [3.63, 3.8) is 0 Å². The van der Waals surface area contributed by atoms with E-state index in [1.54, 1.807) is 0 Å². The van der Waals surface area contributed by atoms with E-state index in [1.165, 1.54) is 23.1 Å². The zero-order valence-corrected chi connectivity index (χ0v) is 13.4. The van der Waals surface area contributed by atoms with Crippen molar-refractivity contribution in [2.24, 2.45) is 0 Å². The molecule has 2 aromatic rings. The van der Waals surface area contributed by atoms with Crippen LogP contribution >= 0.6 is 0 Å². The molecule has 2 nitrogen and oxygen atoms in total. The van der Waals surface area contributed by atoms with E-state index in [0.29, 0.717) is 18.6 Å². The first kappa shape index (κ1) is 15.1. The molecule has 116 valence electrons. The van der Waals surface area contributed by atoms with E-state index in [2.05, 4.69) is 50.2 Å². The summed E-state index contributed by atoms with van der Waals surface area (Å²) in [4.78, 5) is 0. The first-order valence-corrected chi connectivity index (χ1v) is 8.16. The predicted octanol–water partition coefficient (Wildman–Crippen LogP) is 4.57. The molecular formula is C20H24O2. The predicted molar refractivity (Wildman–Crippen MR) is 89.6 cm³/mol. The third kappa shape index (κ3) is 4.11. The minimum atomic E-state index is 0.309. The van der Waals surface area contributed by atoms with E-state index in [9.17, 15) is 0 Å². The van der Waals surface area contributed by atoms with Crippen molar-refractivity contribution in [2.45, 2.75) is 38.7 Å². The summed E-state index contributed by atoms with van der Waals surface area (Å²) in [5, 5.41) is 0. The van der Waals surface area contributed by atoms with Crippen LogP contribution in [0.2, 0.25) is 0 Å². The lowest BCUT2D eigenvalue weighted by molar-refractivity contribution is 0.263. The molecule has 22 heavy (non-hydrogen) atoms. The minimum absolute atomic E-state index is 0.309. The van der Waals surface area contributed by atoms with Crippen LogP contribution in [0.25, 0.3) is 0 Å². The maximum absolute atomic E-state index is 5.66. The quantitative estimate of drug-likeness (QED) is 0.698. The van der Waals surface area contributed by atoms with Gasteiger partial charge in [-0.2, -0.15) is 0 Å². The monoisotopic (exact) mass is 296 g/mol. The summed E-state index contributed by atoms with van der Waals surface area (Å²) in [7, 11) is 0. The Labute approximate surface area is 133 Å². The summed E-state index contributed by atoms with van der Waals surface area (Å²) in [6.45, 7) is 6.01. The van der Waals surface area contributed by atoms with E-state index >= 15 is 0 Å². The van der Waals surface area contributed by atoms with E-state index in [-0.39, 0.29) is 0 Å². The number of hydrogen-bond acceptors (Lipinski definition) is 2. The van der Waals surface area contributed by atoms with Crippen LogP contribution in [-0.2, 0) is 11.2 Å². The van der Waals surface area contributed by atoms with Crippen molar-refractivity contribution in [1.82, 2.24) is 0 Å². The molecule has 0 saturated carbocycles. The van der Waals surface area contributed by atoms with Gasteiger partial charge in [-0.05, 0) is 47.6 Å². The molecule has 0 spiro atoms. The highest BCUT2D eigenvalue weighted by Gasteiger charge is 2.22. The molecule has 0 amide bonds. The standard InChI is InChI=1S/C20H24O2/c1-3-15(2)18-8-4-16(5-9-18)12-17-6-10-19(11-7-17)21-13-20-14-22-20/h4-11,15,20H,3,12-14H2,1-2H3. The SMILES string of the molecule is CCC(C)c1ccc(Cc2ccc(OCC3CO3)cc2)cc1. The molecule has 0 N–H and O–H groups in total. The molecule has 1 aliphatic heterocycles. The van der Waals surface area contributed by atoms with Crippen LogP contribution in [0.1, 0.15) is 42.9 Å². The van der Waals surface area contributed by atoms with Gasteiger partial charge in [0, 0.05) is 0 Å². The number of rotatable bonds is 7. The first-order valence-electron chi connectivity index (χ1n) is 8.16. The van der Waals surface area contributed by atoms with Crippen LogP contribution in [-0.4, -0.2) is 19.3 Å². The Morgan fingerprint density at radius 1 is 1.05 bits per heavy atom. The molecule has 1 aliphatic rings. The molecule has 0 bridgehead atoms. The summed E-state index contributed by atoms with van der Waals surface area (Å²) in [5.41, 5.74) is 4.09. The van der Waals surface area contributed by atoms with Gasteiger partial charge < -0.3 is 9.47 Å². The molecule has 2 heteroatoms. The van der Waals surface area contributed by atoms with Gasteiger partial charge in [0.2, 0.25) is 0 Å². The van der Waals surface area contributed by atoms with Gasteiger partial charge in [0.1, 0.15) is 18.5 Å². The maximum Gasteiger partial charge on any atom is 0.119 e. The smallest absolute Gasteiger partial charge is 0.119 e. The zero-order valence-electron chi connectivity index (χ0n) is 13.4.